The van der Waals surface area contributed by atoms with Crippen molar-refractivity contribution in [2.24, 2.45) is 0 Å². The summed E-state index contributed by atoms with van der Waals surface area (Å²) in [5, 5.41) is 2.41. The number of rotatable bonds is 7. The minimum absolute atomic E-state index is 0.0173. The molecule has 0 atom stereocenters. The van der Waals surface area contributed by atoms with Gasteiger partial charge in [-0.3, -0.25) is 4.79 Å². The molecule has 0 unspecified atom stereocenters. The molecule has 0 aliphatic rings. The summed E-state index contributed by atoms with van der Waals surface area (Å²) >= 11 is 0.923. The number of hydrogen-bond donors (Lipinski definition) is 1. The largest absolute Gasteiger partial charge is 0.428 e. The number of aryl methyl sites for hydroxylation is 1. The second-order valence-electron chi connectivity index (χ2n) is 7.14. The van der Waals surface area contributed by atoms with Gasteiger partial charge in [0.1, 0.15) is 5.82 Å². The van der Waals surface area contributed by atoms with Crippen LogP contribution in [-0.4, -0.2) is 25.1 Å². The van der Waals surface area contributed by atoms with E-state index in [2.05, 4.69) is 10.3 Å². The Bertz CT molecular complexity index is 1370. The van der Waals surface area contributed by atoms with Crippen LogP contribution in [0.2, 0.25) is 0 Å². The lowest BCUT2D eigenvalue weighted by Gasteiger charge is -2.05. The second-order valence-corrected chi connectivity index (χ2v) is 9.95. The summed E-state index contributed by atoms with van der Waals surface area (Å²) in [5.41, 5.74) is 2.08. The van der Waals surface area contributed by atoms with Crippen LogP contribution >= 0.6 is 11.8 Å². The molecule has 4 aromatic rings. The monoisotopic (exact) mass is 482 g/mol. The summed E-state index contributed by atoms with van der Waals surface area (Å²) in [6.07, 6.45) is 0. The van der Waals surface area contributed by atoms with E-state index in [-0.39, 0.29) is 26.7 Å². The Morgan fingerprint density at radius 2 is 1.67 bits per heavy atom. The van der Waals surface area contributed by atoms with Gasteiger partial charge < -0.3 is 9.73 Å². The van der Waals surface area contributed by atoms with Crippen LogP contribution in [-0.2, 0) is 14.6 Å². The fourth-order valence-electron chi connectivity index (χ4n) is 2.95. The van der Waals surface area contributed by atoms with E-state index in [1.165, 1.54) is 36.4 Å². The zero-order valence-corrected chi connectivity index (χ0v) is 19.1. The fourth-order valence-corrected chi connectivity index (χ4v) is 5.30. The van der Waals surface area contributed by atoms with E-state index in [1.54, 1.807) is 30.3 Å². The molecule has 0 saturated carbocycles. The van der Waals surface area contributed by atoms with E-state index >= 15 is 0 Å². The number of nitrogens with one attached hydrogen (secondary N) is 1. The summed E-state index contributed by atoms with van der Waals surface area (Å²) in [4.78, 5) is 16.7. The smallest absolute Gasteiger partial charge is 0.234 e. The number of sulfone groups is 1. The number of carbonyl (C=O) groups is 1. The van der Waals surface area contributed by atoms with Crippen molar-refractivity contribution in [1.82, 2.24) is 4.98 Å². The highest BCUT2D eigenvalue weighted by Crippen LogP contribution is 2.35. The van der Waals surface area contributed by atoms with E-state index in [0.29, 0.717) is 11.3 Å². The molecule has 1 heterocycles. The normalized spacial score (nSPS) is 11.3. The van der Waals surface area contributed by atoms with Gasteiger partial charge >= 0.3 is 0 Å². The van der Waals surface area contributed by atoms with Crippen LogP contribution in [0, 0.1) is 12.7 Å². The van der Waals surface area contributed by atoms with Gasteiger partial charge in [0.25, 0.3) is 0 Å². The van der Waals surface area contributed by atoms with Gasteiger partial charge in [-0.05, 0) is 55.5 Å². The Balaban J connectivity index is 1.63. The van der Waals surface area contributed by atoms with Crippen LogP contribution in [0.4, 0.5) is 10.1 Å². The molecule has 168 valence electrons. The standard InChI is InChI=1S/C24H19FN2O4S2/c1-16-7-9-17(10-8-16)22-27-23(33(29,30)20-5-3-2-4-6-20)24(31-22)32-15-21(28)26-19-13-11-18(25)12-14-19/h2-14H,15H2,1H3,(H,26,28). The first kappa shape index (κ1) is 22.8. The molecule has 0 aliphatic heterocycles. The lowest BCUT2D eigenvalue weighted by molar-refractivity contribution is -0.113. The first-order valence-corrected chi connectivity index (χ1v) is 12.4. The molecule has 0 fully saturated rings. The minimum Gasteiger partial charge on any atom is -0.428 e. The van der Waals surface area contributed by atoms with Gasteiger partial charge in [0.05, 0.1) is 10.6 Å². The summed E-state index contributed by atoms with van der Waals surface area (Å²) in [6, 6.07) is 20.6. The van der Waals surface area contributed by atoms with Crippen LogP contribution < -0.4 is 5.32 Å². The average molecular weight is 483 g/mol. The molecule has 3 aromatic carbocycles. The predicted molar refractivity (Wildman–Crippen MR) is 124 cm³/mol. The molecule has 0 saturated heterocycles. The molecular weight excluding hydrogens is 463 g/mol. The molecule has 1 N–H and O–H groups in total. The van der Waals surface area contributed by atoms with E-state index < -0.39 is 21.6 Å². The Morgan fingerprint density at radius 1 is 1.00 bits per heavy atom. The molecule has 1 aromatic heterocycles. The lowest BCUT2D eigenvalue weighted by Crippen LogP contribution is -2.14. The molecule has 6 nitrogen and oxygen atoms in total. The molecule has 33 heavy (non-hydrogen) atoms. The van der Waals surface area contributed by atoms with Gasteiger partial charge in [-0.15, -0.1) is 0 Å². The molecule has 4 rings (SSSR count). The Kier molecular flexibility index (Phi) is 6.62. The molecule has 1 amide bonds. The number of carbonyl (C=O) groups excluding carboxylic acids is 1. The topological polar surface area (TPSA) is 89.3 Å². The van der Waals surface area contributed by atoms with Crippen molar-refractivity contribution in [1.29, 1.82) is 0 Å². The van der Waals surface area contributed by atoms with Crippen molar-refractivity contribution in [3.05, 3.63) is 90.2 Å². The van der Waals surface area contributed by atoms with Crippen molar-refractivity contribution < 1.29 is 22.0 Å². The van der Waals surface area contributed by atoms with Crippen LogP contribution in [0.3, 0.4) is 0 Å². The van der Waals surface area contributed by atoms with Crippen molar-refractivity contribution in [2.75, 3.05) is 11.1 Å². The van der Waals surface area contributed by atoms with Gasteiger partial charge in [0, 0.05) is 11.3 Å². The quantitative estimate of drug-likeness (QED) is 0.357. The lowest BCUT2D eigenvalue weighted by atomic mass is 10.1. The third kappa shape index (κ3) is 5.32. The van der Waals surface area contributed by atoms with E-state index in [0.717, 1.165) is 17.3 Å². The summed E-state index contributed by atoms with van der Waals surface area (Å²) in [5.74, 6) is -0.797. The van der Waals surface area contributed by atoms with Crippen molar-refractivity contribution in [3.8, 4) is 11.5 Å². The number of anilines is 1. The minimum atomic E-state index is -3.98. The highest BCUT2D eigenvalue weighted by molar-refractivity contribution is 8.00. The van der Waals surface area contributed by atoms with Crippen LogP contribution in [0.25, 0.3) is 11.5 Å². The summed E-state index contributed by atoms with van der Waals surface area (Å²) in [6.45, 7) is 1.94. The number of nitrogens with zero attached hydrogens (tertiary/aromatic N) is 1. The molecule has 0 spiro atoms. The fraction of sp³-hybridized carbons (Fsp3) is 0.0833. The number of benzene rings is 3. The maximum atomic E-state index is 13.2. The molecular formula is C24H19FN2O4S2. The van der Waals surface area contributed by atoms with Gasteiger partial charge in [-0.1, -0.05) is 47.7 Å². The van der Waals surface area contributed by atoms with Gasteiger partial charge in [-0.2, -0.15) is 4.98 Å². The highest BCUT2D eigenvalue weighted by Gasteiger charge is 2.29. The van der Waals surface area contributed by atoms with Crippen LogP contribution in [0.1, 0.15) is 5.56 Å². The second kappa shape index (κ2) is 9.60. The maximum absolute atomic E-state index is 13.2. The van der Waals surface area contributed by atoms with Crippen molar-refractivity contribution in [3.63, 3.8) is 0 Å². The number of aromatic nitrogens is 1. The number of oxazole rings is 1. The van der Waals surface area contributed by atoms with Crippen LogP contribution in [0.5, 0.6) is 0 Å². The Morgan fingerprint density at radius 3 is 2.33 bits per heavy atom. The van der Waals surface area contributed by atoms with E-state index in [1.807, 2.05) is 19.1 Å². The average Bonchev–Trinajstić information content (AvgIpc) is 3.25. The summed E-state index contributed by atoms with van der Waals surface area (Å²) in [7, 11) is -3.98. The summed E-state index contributed by atoms with van der Waals surface area (Å²) < 4.78 is 45.4. The number of hydrogen-bond acceptors (Lipinski definition) is 6. The Hall–Kier alpha value is -3.43. The van der Waals surface area contributed by atoms with Gasteiger partial charge in [-0.25, -0.2) is 12.8 Å². The van der Waals surface area contributed by atoms with E-state index in [9.17, 15) is 17.6 Å². The Labute approximate surface area is 194 Å². The molecule has 0 aliphatic carbocycles. The zero-order chi connectivity index (χ0) is 23.4. The van der Waals surface area contributed by atoms with Crippen molar-refractivity contribution in [2.45, 2.75) is 21.9 Å². The van der Waals surface area contributed by atoms with Crippen molar-refractivity contribution >= 4 is 33.2 Å². The molecule has 9 heteroatoms. The molecule has 0 bridgehead atoms. The number of halogens is 1. The predicted octanol–water partition coefficient (Wildman–Crippen LogP) is 5.35. The first-order valence-electron chi connectivity index (χ1n) is 9.89. The van der Waals surface area contributed by atoms with Crippen LogP contribution in [0.15, 0.2) is 98.3 Å². The van der Waals surface area contributed by atoms with Gasteiger partial charge in [0.2, 0.25) is 31.8 Å². The maximum Gasteiger partial charge on any atom is 0.234 e. The third-order valence-electron chi connectivity index (χ3n) is 4.64. The first-order chi connectivity index (χ1) is 15.8. The van der Waals surface area contributed by atoms with E-state index in [4.69, 9.17) is 4.42 Å². The SMILES string of the molecule is Cc1ccc(-c2nc(S(=O)(=O)c3ccccc3)c(SCC(=O)Nc3ccc(F)cc3)o2)cc1. The third-order valence-corrected chi connectivity index (χ3v) is 7.39. The van der Waals surface area contributed by atoms with Gasteiger partial charge in [0.15, 0.2) is 0 Å². The molecule has 0 radical (unpaired) electrons. The zero-order valence-electron chi connectivity index (χ0n) is 17.5. The number of amides is 1. The number of thioether (sulfide) groups is 1. The highest BCUT2D eigenvalue weighted by atomic mass is 32.2.